The second-order valence-electron chi connectivity index (χ2n) is 6.83. The van der Waals surface area contributed by atoms with Gasteiger partial charge in [-0.15, -0.1) is 0 Å². The fraction of sp³-hybridized carbons (Fsp3) is 0.364. The Labute approximate surface area is 160 Å². The van der Waals surface area contributed by atoms with Crippen LogP contribution in [0.15, 0.2) is 48.5 Å². The Balaban J connectivity index is 1.61. The van der Waals surface area contributed by atoms with E-state index in [1.54, 1.807) is 43.3 Å². The van der Waals surface area contributed by atoms with Crippen LogP contribution in [0.25, 0.3) is 0 Å². The maximum absolute atomic E-state index is 12.8. The van der Waals surface area contributed by atoms with Crippen molar-refractivity contribution in [2.75, 3.05) is 20.6 Å². The van der Waals surface area contributed by atoms with Crippen LogP contribution in [0.5, 0.6) is 0 Å². The number of amides is 2. The first-order valence-corrected chi connectivity index (χ1v) is 9.27. The molecule has 5 heteroatoms. The minimum atomic E-state index is -0.218. The molecule has 0 aromatic heterocycles. The standard InChI is InChI=1S/C22H27FN2O2/c1-25(2)22(27)19-11-6-18(7-12-19)10-15-21(26)24-16-4-3-5-17-8-13-20(23)14-9-17/h6-9,11-14H,3-5,10,15-16H2,1-2H3,(H,24,26). The first-order valence-electron chi connectivity index (χ1n) is 9.27. The number of hydrogen-bond donors (Lipinski definition) is 1. The molecule has 0 aliphatic carbocycles. The molecule has 0 radical (unpaired) electrons. The Kier molecular flexibility index (Phi) is 7.99. The minimum absolute atomic E-state index is 0.0278. The lowest BCUT2D eigenvalue weighted by molar-refractivity contribution is -0.121. The highest BCUT2D eigenvalue weighted by molar-refractivity contribution is 5.93. The van der Waals surface area contributed by atoms with E-state index in [0.29, 0.717) is 24.9 Å². The average molecular weight is 370 g/mol. The van der Waals surface area contributed by atoms with Crippen molar-refractivity contribution in [3.8, 4) is 0 Å². The van der Waals surface area contributed by atoms with Gasteiger partial charge in [-0.3, -0.25) is 9.59 Å². The molecule has 0 atom stereocenters. The van der Waals surface area contributed by atoms with E-state index in [9.17, 15) is 14.0 Å². The van der Waals surface area contributed by atoms with Gasteiger partial charge in [0.2, 0.25) is 5.91 Å². The number of hydrogen-bond acceptors (Lipinski definition) is 2. The SMILES string of the molecule is CN(C)C(=O)c1ccc(CCC(=O)NCCCCc2ccc(F)cc2)cc1. The number of carbonyl (C=O) groups is 2. The minimum Gasteiger partial charge on any atom is -0.356 e. The number of carbonyl (C=O) groups excluding carboxylic acids is 2. The summed E-state index contributed by atoms with van der Waals surface area (Å²) in [4.78, 5) is 25.3. The summed E-state index contributed by atoms with van der Waals surface area (Å²) in [5.41, 5.74) is 2.80. The van der Waals surface area contributed by atoms with Gasteiger partial charge in [0, 0.05) is 32.6 Å². The zero-order valence-corrected chi connectivity index (χ0v) is 16.0. The molecule has 2 aromatic carbocycles. The highest BCUT2D eigenvalue weighted by Gasteiger charge is 2.08. The van der Waals surface area contributed by atoms with Crippen LogP contribution in [-0.2, 0) is 17.6 Å². The smallest absolute Gasteiger partial charge is 0.253 e. The van der Waals surface area contributed by atoms with E-state index in [4.69, 9.17) is 0 Å². The van der Waals surface area contributed by atoms with Gasteiger partial charge in [-0.05, 0) is 61.1 Å². The Hall–Kier alpha value is -2.69. The second-order valence-corrected chi connectivity index (χ2v) is 6.83. The Morgan fingerprint density at radius 1 is 0.889 bits per heavy atom. The third kappa shape index (κ3) is 7.21. The summed E-state index contributed by atoms with van der Waals surface area (Å²) in [6, 6.07) is 13.9. The van der Waals surface area contributed by atoms with Crippen molar-refractivity contribution >= 4 is 11.8 Å². The monoisotopic (exact) mass is 370 g/mol. The van der Waals surface area contributed by atoms with Gasteiger partial charge in [0.1, 0.15) is 5.82 Å². The Bertz CT molecular complexity index is 740. The van der Waals surface area contributed by atoms with E-state index < -0.39 is 0 Å². The van der Waals surface area contributed by atoms with E-state index in [0.717, 1.165) is 30.4 Å². The number of rotatable bonds is 9. The molecular weight excluding hydrogens is 343 g/mol. The fourth-order valence-corrected chi connectivity index (χ4v) is 2.75. The average Bonchev–Trinajstić information content (AvgIpc) is 2.67. The largest absolute Gasteiger partial charge is 0.356 e. The van der Waals surface area contributed by atoms with E-state index in [2.05, 4.69) is 5.32 Å². The van der Waals surface area contributed by atoms with Crippen molar-refractivity contribution in [2.24, 2.45) is 0 Å². The van der Waals surface area contributed by atoms with Gasteiger partial charge in [0.25, 0.3) is 5.91 Å². The third-order valence-electron chi connectivity index (χ3n) is 4.38. The molecule has 0 aliphatic heterocycles. The van der Waals surface area contributed by atoms with Gasteiger partial charge >= 0.3 is 0 Å². The van der Waals surface area contributed by atoms with Gasteiger partial charge in [-0.2, -0.15) is 0 Å². The Morgan fingerprint density at radius 2 is 1.48 bits per heavy atom. The van der Waals surface area contributed by atoms with Gasteiger partial charge in [-0.1, -0.05) is 24.3 Å². The van der Waals surface area contributed by atoms with E-state index >= 15 is 0 Å². The Morgan fingerprint density at radius 3 is 2.11 bits per heavy atom. The molecule has 0 fully saturated rings. The lowest BCUT2D eigenvalue weighted by Crippen LogP contribution is -2.24. The summed E-state index contributed by atoms with van der Waals surface area (Å²) in [6.45, 7) is 0.649. The molecular formula is C22H27FN2O2. The second kappa shape index (κ2) is 10.5. The summed E-state index contributed by atoms with van der Waals surface area (Å²) in [5, 5.41) is 2.93. The molecule has 0 aliphatic rings. The molecule has 27 heavy (non-hydrogen) atoms. The zero-order chi connectivity index (χ0) is 19.6. The van der Waals surface area contributed by atoms with Crippen molar-refractivity contribution < 1.29 is 14.0 Å². The molecule has 0 unspecified atom stereocenters. The predicted octanol–water partition coefficient (Wildman–Crippen LogP) is 3.60. The maximum Gasteiger partial charge on any atom is 0.253 e. The van der Waals surface area contributed by atoms with Gasteiger partial charge in [0.15, 0.2) is 0 Å². The van der Waals surface area contributed by atoms with Crippen LogP contribution in [0.2, 0.25) is 0 Å². The lowest BCUT2D eigenvalue weighted by atomic mass is 10.1. The zero-order valence-electron chi connectivity index (χ0n) is 16.0. The number of benzene rings is 2. The first kappa shape index (κ1) is 20.6. The van der Waals surface area contributed by atoms with Crippen LogP contribution in [0.4, 0.5) is 4.39 Å². The van der Waals surface area contributed by atoms with E-state index in [1.807, 2.05) is 12.1 Å². The van der Waals surface area contributed by atoms with Crippen LogP contribution in [0, 0.1) is 5.82 Å². The van der Waals surface area contributed by atoms with Crippen LogP contribution in [-0.4, -0.2) is 37.4 Å². The van der Waals surface area contributed by atoms with Gasteiger partial charge < -0.3 is 10.2 Å². The number of aryl methyl sites for hydroxylation is 2. The summed E-state index contributed by atoms with van der Waals surface area (Å²) in [7, 11) is 3.44. The molecule has 144 valence electrons. The number of unbranched alkanes of at least 4 members (excludes halogenated alkanes) is 1. The number of halogens is 1. The van der Waals surface area contributed by atoms with Gasteiger partial charge in [-0.25, -0.2) is 4.39 Å². The molecule has 1 N–H and O–H groups in total. The highest BCUT2D eigenvalue weighted by Crippen LogP contribution is 2.09. The predicted molar refractivity (Wildman–Crippen MR) is 105 cm³/mol. The summed E-state index contributed by atoms with van der Waals surface area (Å²) in [5.74, 6) is -0.213. The van der Waals surface area contributed by atoms with E-state index in [1.165, 1.54) is 12.1 Å². The topological polar surface area (TPSA) is 49.4 Å². The maximum atomic E-state index is 12.8. The molecule has 2 aromatic rings. The van der Waals surface area contributed by atoms with Crippen LogP contribution < -0.4 is 5.32 Å². The van der Waals surface area contributed by atoms with Crippen LogP contribution in [0.1, 0.15) is 40.7 Å². The van der Waals surface area contributed by atoms with Crippen molar-refractivity contribution in [2.45, 2.75) is 32.1 Å². The molecule has 2 rings (SSSR count). The lowest BCUT2D eigenvalue weighted by Gasteiger charge is -2.10. The third-order valence-corrected chi connectivity index (χ3v) is 4.38. The normalized spacial score (nSPS) is 10.5. The number of nitrogens with one attached hydrogen (secondary N) is 1. The quantitative estimate of drug-likeness (QED) is 0.686. The molecule has 0 saturated carbocycles. The van der Waals surface area contributed by atoms with Crippen LogP contribution >= 0.6 is 0 Å². The van der Waals surface area contributed by atoms with Crippen molar-refractivity contribution in [1.82, 2.24) is 10.2 Å². The van der Waals surface area contributed by atoms with Crippen molar-refractivity contribution in [3.63, 3.8) is 0 Å². The molecule has 0 saturated heterocycles. The van der Waals surface area contributed by atoms with Crippen LogP contribution in [0.3, 0.4) is 0 Å². The molecule has 0 spiro atoms. The summed E-state index contributed by atoms with van der Waals surface area (Å²) >= 11 is 0. The molecule has 2 amide bonds. The number of nitrogens with zero attached hydrogens (tertiary/aromatic N) is 1. The molecule has 0 heterocycles. The van der Waals surface area contributed by atoms with Gasteiger partial charge in [0.05, 0.1) is 0 Å². The summed E-state index contributed by atoms with van der Waals surface area (Å²) in [6.07, 6.45) is 3.81. The molecule has 0 bridgehead atoms. The van der Waals surface area contributed by atoms with Crippen molar-refractivity contribution in [3.05, 3.63) is 71.0 Å². The van der Waals surface area contributed by atoms with Crippen molar-refractivity contribution in [1.29, 1.82) is 0 Å². The van der Waals surface area contributed by atoms with E-state index in [-0.39, 0.29) is 17.6 Å². The highest BCUT2D eigenvalue weighted by atomic mass is 19.1. The first-order chi connectivity index (χ1) is 13.0. The summed E-state index contributed by atoms with van der Waals surface area (Å²) < 4.78 is 12.8. The molecule has 4 nitrogen and oxygen atoms in total. The fourth-order valence-electron chi connectivity index (χ4n) is 2.75.